The molecule has 0 saturated carbocycles. The lowest BCUT2D eigenvalue weighted by atomic mass is 10.4. The van der Waals surface area contributed by atoms with E-state index in [0.717, 1.165) is 0 Å². The van der Waals surface area contributed by atoms with E-state index in [-0.39, 0.29) is 5.75 Å². The van der Waals surface area contributed by atoms with E-state index in [2.05, 4.69) is 16.6 Å². The Morgan fingerprint density at radius 1 is 1.45 bits per heavy atom. The van der Waals surface area contributed by atoms with E-state index in [0.29, 0.717) is 13.0 Å². The van der Waals surface area contributed by atoms with Crippen molar-refractivity contribution in [3.63, 3.8) is 0 Å². The topological polar surface area (TPSA) is 46.2 Å². The van der Waals surface area contributed by atoms with Crippen LogP contribution in [0.2, 0.25) is 0 Å². The zero-order chi connectivity index (χ0) is 8.74. The van der Waals surface area contributed by atoms with Gasteiger partial charge in [-0.15, -0.1) is 11.8 Å². The molecular formula is C7H13NO2S. The Bertz CT molecular complexity index is 245. The zero-order valence-electron chi connectivity index (χ0n) is 6.85. The zero-order valence-corrected chi connectivity index (χ0v) is 7.66. The van der Waals surface area contributed by atoms with Gasteiger partial charge in [-0.25, -0.2) is 13.1 Å². The van der Waals surface area contributed by atoms with Crippen molar-refractivity contribution in [2.45, 2.75) is 20.3 Å². The van der Waals surface area contributed by atoms with Gasteiger partial charge in [0.15, 0.2) is 0 Å². The monoisotopic (exact) mass is 175 g/mol. The average Bonchev–Trinajstić information content (AvgIpc) is 1.99. The van der Waals surface area contributed by atoms with E-state index in [1.807, 2.05) is 0 Å². The first kappa shape index (κ1) is 10.5. The number of sulfonamides is 1. The van der Waals surface area contributed by atoms with Gasteiger partial charge in [0.25, 0.3) is 0 Å². The summed E-state index contributed by atoms with van der Waals surface area (Å²) < 4.78 is 24.0. The Hall–Kier alpha value is -0.530. The molecule has 0 saturated heterocycles. The van der Waals surface area contributed by atoms with E-state index >= 15 is 0 Å². The maximum absolute atomic E-state index is 10.8. The fourth-order valence-corrected chi connectivity index (χ4v) is 1.11. The lowest BCUT2D eigenvalue weighted by Gasteiger charge is -1.99. The summed E-state index contributed by atoms with van der Waals surface area (Å²) in [4.78, 5) is 0. The third-order valence-corrected chi connectivity index (χ3v) is 2.53. The molecule has 0 atom stereocenters. The van der Waals surface area contributed by atoms with Crippen LogP contribution in [0.15, 0.2) is 0 Å². The molecule has 64 valence electrons. The summed E-state index contributed by atoms with van der Waals surface area (Å²) in [6.45, 7) is 3.75. The van der Waals surface area contributed by atoms with E-state index in [1.165, 1.54) is 0 Å². The summed E-state index contributed by atoms with van der Waals surface area (Å²) in [6, 6.07) is 0. The molecule has 11 heavy (non-hydrogen) atoms. The van der Waals surface area contributed by atoms with Crippen LogP contribution in [-0.2, 0) is 10.0 Å². The first-order valence-electron chi connectivity index (χ1n) is 3.49. The minimum atomic E-state index is -3.02. The van der Waals surface area contributed by atoms with Crippen LogP contribution < -0.4 is 4.72 Å². The molecule has 3 nitrogen and oxygen atoms in total. The third-order valence-electron chi connectivity index (χ3n) is 1.13. The van der Waals surface area contributed by atoms with Crippen molar-refractivity contribution in [3.05, 3.63) is 0 Å². The SMILES string of the molecule is CC#CCCNS(=O)(=O)CC. The molecule has 0 bridgehead atoms. The van der Waals surface area contributed by atoms with Gasteiger partial charge in [-0.3, -0.25) is 0 Å². The van der Waals surface area contributed by atoms with Crippen molar-refractivity contribution in [2.75, 3.05) is 12.3 Å². The molecule has 0 spiro atoms. The summed E-state index contributed by atoms with van der Waals surface area (Å²) in [7, 11) is -3.02. The van der Waals surface area contributed by atoms with E-state index in [4.69, 9.17) is 0 Å². The summed E-state index contributed by atoms with van der Waals surface area (Å²) >= 11 is 0. The van der Waals surface area contributed by atoms with Gasteiger partial charge in [-0.2, -0.15) is 0 Å². The Kier molecular flexibility index (Phi) is 4.92. The Morgan fingerprint density at radius 3 is 2.55 bits per heavy atom. The van der Waals surface area contributed by atoms with E-state index < -0.39 is 10.0 Å². The Balaban J connectivity index is 3.60. The fourth-order valence-electron chi connectivity index (χ4n) is 0.496. The van der Waals surface area contributed by atoms with Crippen molar-refractivity contribution in [2.24, 2.45) is 0 Å². The molecule has 1 N–H and O–H groups in total. The van der Waals surface area contributed by atoms with Crippen LogP contribution in [0.4, 0.5) is 0 Å². The first-order valence-corrected chi connectivity index (χ1v) is 5.14. The van der Waals surface area contributed by atoms with Gasteiger partial charge in [0.05, 0.1) is 5.75 Å². The summed E-state index contributed by atoms with van der Waals surface area (Å²) in [5, 5.41) is 0. The number of rotatable bonds is 4. The maximum Gasteiger partial charge on any atom is 0.211 e. The molecule has 0 radical (unpaired) electrons. The third kappa shape index (κ3) is 5.89. The van der Waals surface area contributed by atoms with Gasteiger partial charge < -0.3 is 0 Å². The van der Waals surface area contributed by atoms with Crippen molar-refractivity contribution in [1.82, 2.24) is 4.72 Å². The maximum atomic E-state index is 10.8. The molecule has 0 aromatic rings. The van der Waals surface area contributed by atoms with Crippen LogP contribution >= 0.6 is 0 Å². The fraction of sp³-hybridized carbons (Fsp3) is 0.714. The van der Waals surface area contributed by atoms with Crippen LogP contribution in [0.3, 0.4) is 0 Å². The minimum absolute atomic E-state index is 0.132. The van der Waals surface area contributed by atoms with Gasteiger partial charge in [0.2, 0.25) is 10.0 Å². The average molecular weight is 175 g/mol. The quantitative estimate of drug-likeness (QED) is 0.494. The molecule has 0 amide bonds. The molecule has 0 unspecified atom stereocenters. The highest BCUT2D eigenvalue weighted by atomic mass is 32.2. The predicted octanol–water partition coefficient (Wildman–Crippen LogP) is 0.339. The normalized spacial score (nSPS) is 10.4. The lowest BCUT2D eigenvalue weighted by Crippen LogP contribution is -2.25. The van der Waals surface area contributed by atoms with Gasteiger partial charge >= 0.3 is 0 Å². The van der Waals surface area contributed by atoms with Crippen LogP contribution in [-0.4, -0.2) is 20.7 Å². The first-order chi connectivity index (χ1) is 5.12. The predicted molar refractivity (Wildman–Crippen MR) is 45.5 cm³/mol. The molecule has 0 aliphatic rings. The summed E-state index contributed by atoms with van der Waals surface area (Å²) in [5.41, 5.74) is 0. The van der Waals surface area contributed by atoms with Crippen molar-refractivity contribution in [3.8, 4) is 11.8 Å². The highest BCUT2D eigenvalue weighted by Crippen LogP contribution is 1.82. The summed E-state index contributed by atoms with van der Waals surface area (Å²) in [5.74, 6) is 5.59. The van der Waals surface area contributed by atoms with Crippen molar-refractivity contribution in [1.29, 1.82) is 0 Å². The van der Waals surface area contributed by atoms with Crippen molar-refractivity contribution < 1.29 is 8.42 Å². The molecule has 0 aliphatic carbocycles. The second-order valence-corrected chi connectivity index (χ2v) is 4.07. The van der Waals surface area contributed by atoms with Crippen molar-refractivity contribution >= 4 is 10.0 Å². The molecule has 0 aromatic heterocycles. The van der Waals surface area contributed by atoms with Gasteiger partial charge in [0, 0.05) is 13.0 Å². The highest BCUT2D eigenvalue weighted by Gasteiger charge is 2.02. The number of hydrogen-bond acceptors (Lipinski definition) is 2. The molecule has 0 heterocycles. The largest absolute Gasteiger partial charge is 0.214 e. The number of nitrogens with one attached hydrogen (secondary N) is 1. The smallest absolute Gasteiger partial charge is 0.211 e. The molecule has 0 rings (SSSR count). The van der Waals surface area contributed by atoms with E-state index in [1.54, 1.807) is 13.8 Å². The van der Waals surface area contributed by atoms with E-state index in [9.17, 15) is 8.42 Å². The second-order valence-electron chi connectivity index (χ2n) is 1.97. The number of hydrogen-bond donors (Lipinski definition) is 1. The second kappa shape index (κ2) is 5.16. The van der Waals surface area contributed by atoms with Gasteiger partial charge in [0.1, 0.15) is 0 Å². The Labute approximate surface area is 68.2 Å². The van der Waals surface area contributed by atoms with Gasteiger partial charge in [-0.05, 0) is 13.8 Å². The molecular weight excluding hydrogens is 162 g/mol. The molecule has 0 aliphatic heterocycles. The van der Waals surface area contributed by atoms with Crippen LogP contribution in [0, 0.1) is 11.8 Å². The minimum Gasteiger partial charge on any atom is -0.214 e. The van der Waals surface area contributed by atoms with Crippen LogP contribution in [0.25, 0.3) is 0 Å². The Morgan fingerprint density at radius 2 is 2.09 bits per heavy atom. The lowest BCUT2D eigenvalue weighted by molar-refractivity contribution is 0.584. The standard InChI is InChI=1S/C7H13NO2S/c1-3-5-6-7-8-11(9,10)4-2/h8H,4,6-7H2,1-2H3. The van der Waals surface area contributed by atoms with Gasteiger partial charge in [-0.1, -0.05) is 0 Å². The molecule has 0 fully saturated rings. The highest BCUT2D eigenvalue weighted by molar-refractivity contribution is 7.89. The van der Waals surface area contributed by atoms with Crippen LogP contribution in [0.5, 0.6) is 0 Å². The van der Waals surface area contributed by atoms with Crippen LogP contribution in [0.1, 0.15) is 20.3 Å². The molecule has 4 heteroatoms. The summed E-state index contributed by atoms with van der Waals surface area (Å²) in [6.07, 6.45) is 0.579. The molecule has 0 aromatic carbocycles.